The van der Waals surface area contributed by atoms with E-state index >= 15 is 0 Å². The van der Waals surface area contributed by atoms with Gasteiger partial charge in [0.2, 0.25) is 11.8 Å². The number of ether oxygens (including phenoxy) is 1. The van der Waals surface area contributed by atoms with Gasteiger partial charge in [0.1, 0.15) is 12.1 Å². The van der Waals surface area contributed by atoms with Gasteiger partial charge in [-0.2, -0.15) is 0 Å². The van der Waals surface area contributed by atoms with Crippen molar-refractivity contribution in [1.82, 2.24) is 19.0 Å². The van der Waals surface area contributed by atoms with Crippen molar-refractivity contribution in [3.63, 3.8) is 0 Å². The first kappa shape index (κ1) is 27.2. The van der Waals surface area contributed by atoms with Crippen LogP contribution in [0.4, 0.5) is 8.78 Å². The molecule has 41 heavy (non-hydrogen) atoms. The molecular formula is C30H32F2N4O5. The number of nitrogens with zero attached hydrogens (tertiary/aromatic N) is 4. The smallest absolute Gasteiger partial charge is 0.262 e. The van der Waals surface area contributed by atoms with Crippen molar-refractivity contribution in [3.8, 4) is 11.4 Å². The normalized spacial score (nSPS) is 22.1. The molecule has 1 N–H and O–H groups in total. The van der Waals surface area contributed by atoms with Crippen LogP contribution in [0.25, 0.3) is 16.7 Å². The SMILES string of the molecule is COc1ccc(-n2ccc3c(=O)n(CC4(O)CCN(C(=O)C5CCC(F)(F)CC5c5ccoc5)CC4)cnc32)cc1. The van der Waals surface area contributed by atoms with Gasteiger partial charge in [0, 0.05) is 49.7 Å². The fourth-order valence-electron chi connectivity index (χ4n) is 6.24. The summed E-state index contributed by atoms with van der Waals surface area (Å²) in [5.41, 5.74) is 0.476. The number of furan rings is 1. The standard InChI is InChI=1S/C30H32F2N4O5/c1-40-22-4-2-21(3-5-22)36-12-7-24-26(36)33-19-35(28(24)38)18-29(39)10-13-34(14-11-29)27(37)23-6-9-30(31,32)16-25(23)20-8-15-41-17-20/h2-5,7-8,12,15,17,19,23,25,39H,6,9-11,13-14,16,18H2,1H3. The van der Waals surface area contributed by atoms with Crippen LogP contribution < -0.4 is 10.3 Å². The Morgan fingerprint density at radius 3 is 2.59 bits per heavy atom. The zero-order valence-corrected chi connectivity index (χ0v) is 22.7. The minimum atomic E-state index is -2.82. The first-order chi connectivity index (χ1) is 19.7. The lowest BCUT2D eigenvalue weighted by atomic mass is 9.73. The summed E-state index contributed by atoms with van der Waals surface area (Å²) in [7, 11) is 1.60. The highest BCUT2D eigenvalue weighted by Gasteiger charge is 2.47. The number of carbonyl (C=O) groups excluding carboxylic acids is 1. The van der Waals surface area contributed by atoms with Gasteiger partial charge in [-0.3, -0.25) is 14.2 Å². The summed E-state index contributed by atoms with van der Waals surface area (Å²) < 4.78 is 42.1. The quantitative estimate of drug-likeness (QED) is 0.372. The number of alkyl halides is 2. The molecule has 4 heterocycles. The molecule has 9 nitrogen and oxygen atoms in total. The number of benzene rings is 1. The van der Waals surface area contributed by atoms with Crippen molar-refractivity contribution >= 4 is 16.9 Å². The highest BCUT2D eigenvalue weighted by molar-refractivity contribution is 5.80. The molecule has 2 unspecified atom stereocenters. The third-order valence-corrected chi connectivity index (χ3v) is 8.61. The summed E-state index contributed by atoms with van der Waals surface area (Å²) in [6, 6.07) is 10.8. The Hall–Kier alpha value is -3.99. The second-order valence-corrected chi connectivity index (χ2v) is 11.2. The van der Waals surface area contributed by atoms with Crippen LogP contribution in [0.3, 0.4) is 0 Å². The van der Waals surface area contributed by atoms with E-state index in [1.165, 1.54) is 23.4 Å². The molecule has 1 aromatic carbocycles. The molecule has 2 fully saturated rings. The number of rotatable bonds is 6. The number of piperidine rings is 1. The van der Waals surface area contributed by atoms with Crippen LogP contribution in [0.1, 0.15) is 43.6 Å². The summed E-state index contributed by atoms with van der Waals surface area (Å²) in [5, 5.41) is 11.8. The van der Waals surface area contributed by atoms with E-state index in [-0.39, 0.29) is 63.2 Å². The molecule has 4 aromatic rings. The summed E-state index contributed by atoms with van der Waals surface area (Å²) in [5.74, 6) is -3.46. The van der Waals surface area contributed by atoms with Crippen molar-refractivity contribution in [2.45, 2.75) is 56.1 Å². The Bertz CT molecular complexity index is 1590. The van der Waals surface area contributed by atoms with E-state index in [1.807, 2.05) is 28.8 Å². The van der Waals surface area contributed by atoms with Crippen LogP contribution in [0.2, 0.25) is 0 Å². The number of amides is 1. The molecule has 1 aliphatic heterocycles. The lowest BCUT2D eigenvalue weighted by Gasteiger charge is -2.42. The summed E-state index contributed by atoms with van der Waals surface area (Å²) >= 11 is 0. The number of aliphatic hydroxyl groups is 1. The molecule has 11 heteroatoms. The van der Waals surface area contributed by atoms with E-state index in [0.717, 1.165) is 11.4 Å². The topological polar surface area (TPSA) is 103 Å². The average Bonchev–Trinajstić information content (AvgIpc) is 3.65. The molecule has 2 atom stereocenters. The van der Waals surface area contributed by atoms with Crippen molar-refractivity contribution in [1.29, 1.82) is 0 Å². The summed E-state index contributed by atoms with van der Waals surface area (Å²) in [4.78, 5) is 33.0. The zero-order chi connectivity index (χ0) is 28.8. The van der Waals surface area contributed by atoms with Crippen molar-refractivity contribution < 1.29 is 27.8 Å². The van der Waals surface area contributed by atoms with Gasteiger partial charge in [0.25, 0.3) is 5.56 Å². The largest absolute Gasteiger partial charge is 0.497 e. The zero-order valence-electron chi connectivity index (χ0n) is 22.7. The number of carbonyl (C=O) groups is 1. The Labute approximate surface area is 235 Å². The molecule has 3 aromatic heterocycles. The van der Waals surface area contributed by atoms with Gasteiger partial charge in [-0.15, -0.1) is 0 Å². The van der Waals surface area contributed by atoms with Gasteiger partial charge >= 0.3 is 0 Å². The third kappa shape index (κ3) is 5.26. The maximum Gasteiger partial charge on any atom is 0.262 e. The van der Waals surface area contributed by atoms with E-state index in [2.05, 4.69) is 4.98 Å². The van der Waals surface area contributed by atoms with Gasteiger partial charge in [-0.25, -0.2) is 13.8 Å². The Kier molecular flexibility index (Phi) is 6.93. The Morgan fingerprint density at radius 2 is 1.90 bits per heavy atom. The first-order valence-electron chi connectivity index (χ1n) is 13.8. The molecule has 1 saturated carbocycles. The first-order valence-corrected chi connectivity index (χ1v) is 13.8. The number of methoxy groups -OCH3 is 1. The monoisotopic (exact) mass is 566 g/mol. The minimum Gasteiger partial charge on any atom is -0.497 e. The molecule has 0 spiro atoms. The molecule has 216 valence electrons. The van der Waals surface area contributed by atoms with Crippen molar-refractivity contribution in [2.24, 2.45) is 5.92 Å². The fraction of sp³-hybridized carbons (Fsp3) is 0.433. The van der Waals surface area contributed by atoms with E-state index in [0.29, 0.717) is 16.6 Å². The Morgan fingerprint density at radius 1 is 1.15 bits per heavy atom. The third-order valence-electron chi connectivity index (χ3n) is 8.61. The summed E-state index contributed by atoms with van der Waals surface area (Å²) in [6.07, 6.45) is 6.00. The van der Waals surface area contributed by atoms with Crippen LogP contribution >= 0.6 is 0 Å². The van der Waals surface area contributed by atoms with E-state index in [1.54, 1.807) is 30.3 Å². The van der Waals surface area contributed by atoms with Gasteiger partial charge in [0.05, 0.1) is 37.2 Å². The van der Waals surface area contributed by atoms with Gasteiger partial charge in [0.15, 0.2) is 5.65 Å². The highest BCUT2D eigenvalue weighted by atomic mass is 19.3. The van der Waals surface area contributed by atoms with E-state index in [9.17, 15) is 23.5 Å². The van der Waals surface area contributed by atoms with Gasteiger partial charge in [-0.1, -0.05) is 0 Å². The average molecular weight is 567 g/mol. The fourth-order valence-corrected chi connectivity index (χ4v) is 6.24. The van der Waals surface area contributed by atoms with Crippen LogP contribution in [0.5, 0.6) is 5.75 Å². The lowest BCUT2D eigenvalue weighted by molar-refractivity contribution is -0.145. The van der Waals surface area contributed by atoms with E-state index in [4.69, 9.17) is 9.15 Å². The van der Waals surface area contributed by atoms with E-state index < -0.39 is 23.4 Å². The van der Waals surface area contributed by atoms with Crippen LogP contribution in [0, 0.1) is 5.92 Å². The van der Waals surface area contributed by atoms with Crippen LogP contribution in [-0.2, 0) is 11.3 Å². The lowest BCUT2D eigenvalue weighted by Crippen LogP contribution is -2.52. The number of fused-ring (bicyclic) bond motifs is 1. The summed E-state index contributed by atoms with van der Waals surface area (Å²) in [6.45, 7) is 0.592. The number of hydrogen-bond donors (Lipinski definition) is 1. The molecular weight excluding hydrogens is 534 g/mol. The number of hydrogen-bond acceptors (Lipinski definition) is 6. The predicted octanol–water partition coefficient (Wildman–Crippen LogP) is 4.36. The van der Waals surface area contributed by atoms with Crippen LogP contribution in [0.15, 0.2) is 70.7 Å². The molecule has 0 bridgehead atoms. The van der Waals surface area contributed by atoms with Crippen molar-refractivity contribution in [2.75, 3.05) is 20.2 Å². The Balaban J connectivity index is 1.14. The number of halogens is 2. The molecule has 1 aliphatic carbocycles. The number of aromatic nitrogens is 3. The maximum atomic E-state index is 14.3. The molecule has 1 amide bonds. The van der Waals surface area contributed by atoms with Crippen molar-refractivity contribution in [3.05, 3.63) is 77.4 Å². The van der Waals surface area contributed by atoms with Gasteiger partial charge < -0.3 is 23.7 Å². The molecule has 0 radical (unpaired) electrons. The molecule has 1 saturated heterocycles. The maximum absolute atomic E-state index is 14.3. The highest BCUT2D eigenvalue weighted by Crippen LogP contribution is 2.46. The second kappa shape index (κ2) is 10.4. The molecule has 2 aliphatic rings. The second-order valence-electron chi connectivity index (χ2n) is 11.2. The number of likely N-dealkylation sites (tertiary alicyclic amines) is 1. The minimum absolute atomic E-state index is 0.0395. The predicted molar refractivity (Wildman–Crippen MR) is 146 cm³/mol. The molecule has 6 rings (SSSR count). The van der Waals surface area contributed by atoms with Gasteiger partial charge in [-0.05, 0) is 61.2 Å². The van der Waals surface area contributed by atoms with Crippen LogP contribution in [-0.4, -0.2) is 61.8 Å².